The van der Waals surface area contributed by atoms with Gasteiger partial charge in [-0.1, -0.05) is 23.2 Å². The summed E-state index contributed by atoms with van der Waals surface area (Å²) in [5.41, 5.74) is 1.11. The van der Waals surface area contributed by atoms with E-state index < -0.39 is 17.8 Å². The first-order chi connectivity index (χ1) is 11.9. The number of methoxy groups -OCH3 is 1. The Bertz CT molecular complexity index is 807. The highest BCUT2D eigenvalue weighted by molar-refractivity contribution is 6.37. The summed E-state index contributed by atoms with van der Waals surface area (Å²) in [7, 11) is 1.24. The van der Waals surface area contributed by atoms with E-state index in [1.807, 2.05) is 0 Å². The molecule has 0 aliphatic rings. The van der Waals surface area contributed by atoms with Gasteiger partial charge in [-0.3, -0.25) is 14.4 Å². The van der Waals surface area contributed by atoms with Crippen LogP contribution in [0, 0.1) is 0 Å². The van der Waals surface area contributed by atoms with Gasteiger partial charge in [-0.2, -0.15) is 0 Å². The van der Waals surface area contributed by atoms with E-state index in [-0.39, 0.29) is 17.1 Å². The van der Waals surface area contributed by atoms with Gasteiger partial charge in [0.2, 0.25) is 0 Å². The molecule has 0 bridgehead atoms. The highest BCUT2D eigenvalue weighted by atomic mass is 35.5. The molecule has 8 heteroatoms. The average molecular weight is 381 g/mol. The molecule has 0 spiro atoms. The van der Waals surface area contributed by atoms with Crippen LogP contribution < -0.4 is 10.6 Å². The molecule has 2 amide bonds. The van der Waals surface area contributed by atoms with E-state index in [4.69, 9.17) is 23.2 Å². The maximum Gasteiger partial charge on any atom is 0.325 e. The Morgan fingerprint density at radius 3 is 2.28 bits per heavy atom. The third-order valence-electron chi connectivity index (χ3n) is 3.20. The van der Waals surface area contributed by atoms with Crippen LogP contribution in [0.25, 0.3) is 0 Å². The SMILES string of the molecule is COC(=O)CNC(=O)c1ccc(NC(=O)c2ccc(Cl)cc2Cl)cc1. The number of amides is 2. The summed E-state index contributed by atoms with van der Waals surface area (Å²) in [4.78, 5) is 35.1. The van der Waals surface area contributed by atoms with Crippen LogP contribution in [0.3, 0.4) is 0 Å². The fraction of sp³-hybridized carbons (Fsp3) is 0.118. The van der Waals surface area contributed by atoms with Crippen LogP contribution >= 0.6 is 23.2 Å². The van der Waals surface area contributed by atoms with Crippen molar-refractivity contribution in [2.24, 2.45) is 0 Å². The number of benzene rings is 2. The number of rotatable bonds is 5. The topological polar surface area (TPSA) is 84.5 Å². The van der Waals surface area contributed by atoms with Crippen molar-refractivity contribution >= 4 is 46.7 Å². The Hall–Kier alpha value is -2.57. The molecule has 0 aromatic heterocycles. The van der Waals surface area contributed by atoms with E-state index in [9.17, 15) is 14.4 Å². The minimum Gasteiger partial charge on any atom is -0.468 e. The predicted octanol–water partition coefficient (Wildman–Crippen LogP) is 3.15. The summed E-state index contributed by atoms with van der Waals surface area (Å²) >= 11 is 11.8. The molecule has 0 aliphatic heterocycles. The lowest BCUT2D eigenvalue weighted by Gasteiger charge is -2.08. The molecule has 130 valence electrons. The first-order valence-corrected chi connectivity index (χ1v) is 7.88. The molecule has 2 aromatic rings. The summed E-state index contributed by atoms with van der Waals surface area (Å²) in [6.45, 7) is -0.219. The summed E-state index contributed by atoms with van der Waals surface area (Å²) in [6.07, 6.45) is 0. The summed E-state index contributed by atoms with van der Waals surface area (Å²) in [5.74, 6) is -1.37. The summed E-state index contributed by atoms with van der Waals surface area (Å²) in [5, 5.41) is 5.76. The van der Waals surface area contributed by atoms with E-state index in [1.165, 1.54) is 31.4 Å². The number of anilines is 1. The molecule has 0 aliphatic carbocycles. The minimum absolute atomic E-state index is 0.219. The first-order valence-electron chi connectivity index (χ1n) is 7.12. The minimum atomic E-state index is -0.544. The van der Waals surface area contributed by atoms with Crippen molar-refractivity contribution in [2.75, 3.05) is 19.0 Å². The van der Waals surface area contributed by atoms with Gasteiger partial charge in [0.25, 0.3) is 11.8 Å². The Kier molecular flexibility index (Phi) is 6.38. The van der Waals surface area contributed by atoms with Crippen LogP contribution in [-0.2, 0) is 9.53 Å². The molecular weight excluding hydrogens is 367 g/mol. The lowest BCUT2D eigenvalue weighted by atomic mass is 10.1. The second kappa shape index (κ2) is 8.50. The Labute approximate surface area is 154 Å². The molecule has 2 rings (SSSR count). The molecule has 0 saturated carbocycles. The maximum absolute atomic E-state index is 12.2. The van der Waals surface area contributed by atoms with Gasteiger partial charge in [0.1, 0.15) is 6.54 Å². The number of ether oxygens (including phenoxy) is 1. The third-order valence-corrected chi connectivity index (χ3v) is 3.75. The number of carbonyl (C=O) groups is 3. The van der Waals surface area contributed by atoms with E-state index in [0.29, 0.717) is 16.3 Å². The number of nitrogens with one attached hydrogen (secondary N) is 2. The second-order valence-electron chi connectivity index (χ2n) is 4.91. The Balaban J connectivity index is 2.01. The van der Waals surface area contributed by atoms with E-state index in [2.05, 4.69) is 15.4 Å². The zero-order valence-corrected chi connectivity index (χ0v) is 14.6. The molecule has 2 aromatic carbocycles. The molecule has 0 saturated heterocycles. The zero-order chi connectivity index (χ0) is 18.4. The third kappa shape index (κ3) is 5.20. The van der Waals surface area contributed by atoms with Crippen molar-refractivity contribution in [3.63, 3.8) is 0 Å². The van der Waals surface area contributed by atoms with Crippen molar-refractivity contribution in [2.45, 2.75) is 0 Å². The van der Waals surface area contributed by atoms with Gasteiger partial charge < -0.3 is 15.4 Å². The number of esters is 1. The van der Waals surface area contributed by atoms with Crippen molar-refractivity contribution in [1.29, 1.82) is 0 Å². The van der Waals surface area contributed by atoms with Crippen LogP contribution in [0.1, 0.15) is 20.7 Å². The lowest BCUT2D eigenvalue weighted by Crippen LogP contribution is -2.30. The van der Waals surface area contributed by atoms with Gasteiger partial charge in [-0.05, 0) is 42.5 Å². The van der Waals surface area contributed by atoms with Crippen LogP contribution in [0.5, 0.6) is 0 Å². The maximum atomic E-state index is 12.2. The molecular formula is C17H14Cl2N2O4. The molecule has 0 atom stereocenters. The van der Waals surface area contributed by atoms with Crippen LogP contribution in [-0.4, -0.2) is 31.4 Å². The van der Waals surface area contributed by atoms with E-state index in [0.717, 1.165) is 0 Å². The summed E-state index contributed by atoms with van der Waals surface area (Å²) < 4.78 is 4.44. The second-order valence-corrected chi connectivity index (χ2v) is 5.76. The highest BCUT2D eigenvalue weighted by Gasteiger charge is 2.12. The molecule has 0 unspecified atom stereocenters. The van der Waals surface area contributed by atoms with Gasteiger partial charge in [0, 0.05) is 16.3 Å². The fourth-order valence-corrected chi connectivity index (χ4v) is 2.40. The lowest BCUT2D eigenvalue weighted by molar-refractivity contribution is -0.139. The zero-order valence-electron chi connectivity index (χ0n) is 13.1. The largest absolute Gasteiger partial charge is 0.468 e. The molecule has 25 heavy (non-hydrogen) atoms. The normalized spacial score (nSPS) is 10.0. The fourth-order valence-electron chi connectivity index (χ4n) is 1.90. The van der Waals surface area contributed by atoms with Crippen molar-refractivity contribution in [3.8, 4) is 0 Å². The van der Waals surface area contributed by atoms with E-state index in [1.54, 1.807) is 18.2 Å². The van der Waals surface area contributed by atoms with Crippen molar-refractivity contribution in [1.82, 2.24) is 5.32 Å². The Morgan fingerprint density at radius 2 is 1.68 bits per heavy atom. The van der Waals surface area contributed by atoms with Gasteiger partial charge in [0.15, 0.2) is 0 Å². The number of hydrogen-bond acceptors (Lipinski definition) is 4. The number of carbonyl (C=O) groups excluding carboxylic acids is 3. The standard InChI is InChI=1S/C17H14Cl2N2O4/c1-25-15(22)9-20-16(23)10-2-5-12(6-3-10)21-17(24)13-7-4-11(18)8-14(13)19/h2-8H,9H2,1H3,(H,20,23)(H,21,24). The first kappa shape index (κ1) is 18.8. The van der Waals surface area contributed by atoms with Crippen LogP contribution in [0.15, 0.2) is 42.5 Å². The van der Waals surface area contributed by atoms with Gasteiger partial charge in [-0.15, -0.1) is 0 Å². The monoisotopic (exact) mass is 380 g/mol. The quantitative estimate of drug-likeness (QED) is 0.780. The number of hydrogen-bond donors (Lipinski definition) is 2. The average Bonchev–Trinajstić information content (AvgIpc) is 2.59. The van der Waals surface area contributed by atoms with Gasteiger partial charge in [0.05, 0.1) is 17.7 Å². The van der Waals surface area contributed by atoms with Gasteiger partial charge >= 0.3 is 5.97 Å². The molecule has 0 radical (unpaired) electrons. The van der Waals surface area contributed by atoms with Crippen molar-refractivity contribution < 1.29 is 19.1 Å². The smallest absolute Gasteiger partial charge is 0.325 e. The summed E-state index contributed by atoms with van der Waals surface area (Å²) in [6, 6.07) is 10.7. The Morgan fingerprint density at radius 1 is 1.00 bits per heavy atom. The number of halogens is 2. The molecule has 6 nitrogen and oxygen atoms in total. The predicted molar refractivity (Wildman–Crippen MR) is 95.2 cm³/mol. The van der Waals surface area contributed by atoms with Gasteiger partial charge in [-0.25, -0.2) is 0 Å². The molecule has 0 heterocycles. The molecule has 0 fully saturated rings. The highest BCUT2D eigenvalue weighted by Crippen LogP contribution is 2.22. The van der Waals surface area contributed by atoms with Crippen LogP contribution in [0.2, 0.25) is 10.0 Å². The van der Waals surface area contributed by atoms with Crippen LogP contribution in [0.4, 0.5) is 5.69 Å². The van der Waals surface area contributed by atoms with E-state index >= 15 is 0 Å². The molecule has 2 N–H and O–H groups in total. The van der Waals surface area contributed by atoms with Crippen molar-refractivity contribution in [3.05, 3.63) is 63.6 Å².